The lowest BCUT2D eigenvalue weighted by atomic mass is 10.2. The first-order chi connectivity index (χ1) is 12.1. The fraction of sp³-hybridized carbons (Fsp3) is 0.353. The third kappa shape index (κ3) is 3.80. The Morgan fingerprint density at radius 1 is 1.28 bits per heavy atom. The molecule has 1 aromatic carbocycles. The average Bonchev–Trinajstić information content (AvgIpc) is 3.08. The molecular weight excluding hydrogens is 322 g/mol. The molecule has 132 valence electrons. The second-order valence-electron chi connectivity index (χ2n) is 5.71. The first-order valence-electron chi connectivity index (χ1n) is 7.94. The molecule has 8 nitrogen and oxygen atoms in total. The third-order valence-electron chi connectivity index (χ3n) is 3.93. The van der Waals surface area contributed by atoms with Crippen LogP contribution in [-0.2, 0) is 0 Å². The SMILES string of the molecule is COc1cccc(OCC(O)CNc2c(C)c(C)nn3cnnc23)c1. The number of rotatable bonds is 7. The van der Waals surface area contributed by atoms with E-state index >= 15 is 0 Å². The Labute approximate surface area is 145 Å². The number of nitrogens with zero attached hydrogens (tertiary/aromatic N) is 4. The minimum Gasteiger partial charge on any atom is -0.497 e. The van der Waals surface area contributed by atoms with E-state index in [-0.39, 0.29) is 6.61 Å². The molecule has 2 heterocycles. The van der Waals surface area contributed by atoms with Gasteiger partial charge in [-0.1, -0.05) is 6.07 Å². The van der Waals surface area contributed by atoms with Crippen molar-refractivity contribution in [2.24, 2.45) is 0 Å². The number of hydrogen-bond acceptors (Lipinski definition) is 7. The van der Waals surface area contributed by atoms with Gasteiger partial charge in [0.2, 0.25) is 5.65 Å². The lowest BCUT2D eigenvalue weighted by Gasteiger charge is -2.16. The van der Waals surface area contributed by atoms with Gasteiger partial charge in [-0.15, -0.1) is 10.2 Å². The van der Waals surface area contributed by atoms with E-state index in [9.17, 15) is 5.11 Å². The van der Waals surface area contributed by atoms with Crippen LogP contribution >= 0.6 is 0 Å². The zero-order chi connectivity index (χ0) is 17.8. The van der Waals surface area contributed by atoms with Crippen molar-refractivity contribution in [2.75, 3.05) is 25.6 Å². The fourth-order valence-corrected chi connectivity index (χ4v) is 2.43. The molecule has 0 radical (unpaired) electrons. The number of methoxy groups -OCH3 is 1. The lowest BCUT2D eigenvalue weighted by Crippen LogP contribution is -2.27. The van der Waals surface area contributed by atoms with Crippen molar-refractivity contribution in [3.63, 3.8) is 0 Å². The maximum atomic E-state index is 10.2. The number of aliphatic hydroxyl groups excluding tert-OH is 1. The molecule has 3 rings (SSSR count). The number of nitrogens with one attached hydrogen (secondary N) is 1. The Bertz CT molecular complexity index is 865. The number of aryl methyl sites for hydroxylation is 1. The summed E-state index contributed by atoms with van der Waals surface area (Å²) in [4.78, 5) is 0. The molecule has 0 spiro atoms. The topological polar surface area (TPSA) is 93.8 Å². The van der Waals surface area contributed by atoms with Crippen LogP contribution in [0.1, 0.15) is 11.3 Å². The zero-order valence-corrected chi connectivity index (χ0v) is 14.4. The van der Waals surface area contributed by atoms with E-state index in [1.54, 1.807) is 24.0 Å². The van der Waals surface area contributed by atoms with Crippen LogP contribution in [-0.4, -0.2) is 51.3 Å². The van der Waals surface area contributed by atoms with Crippen LogP contribution in [0.2, 0.25) is 0 Å². The molecular formula is C17H21N5O3. The summed E-state index contributed by atoms with van der Waals surface area (Å²) in [6.07, 6.45) is 0.858. The highest BCUT2D eigenvalue weighted by Gasteiger charge is 2.13. The molecule has 8 heteroatoms. The quantitative estimate of drug-likeness (QED) is 0.673. The maximum absolute atomic E-state index is 10.2. The summed E-state index contributed by atoms with van der Waals surface area (Å²) in [6.45, 7) is 4.35. The van der Waals surface area contributed by atoms with Gasteiger partial charge in [-0.05, 0) is 31.5 Å². The van der Waals surface area contributed by atoms with Gasteiger partial charge in [-0.25, -0.2) is 0 Å². The number of ether oxygens (including phenoxy) is 2. The van der Waals surface area contributed by atoms with Crippen LogP contribution in [0, 0.1) is 13.8 Å². The highest BCUT2D eigenvalue weighted by molar-refractivity contribution is 5.71. The van der Waals surface area contributed by atoms with E-state index in [4.69, 9.17) is 9.47 Å². The Balaban J connectivity index is 1.62. The number of benzene rings is 1. The van der Waals surface area contributed by atoms with Gasteiger partial charge in [0.05, 0.1) is 18.5 Å². The molecule has 0 aliphatic carbocycles. The normalized spacial score (nSPS) is 12.2. The second-order valence-corrected chi connectivity index (χ2v) is 5.71. The smallest absolute Gasteiger partial charge is 0.200 e. The van der Waals surface area contributed by atoms with Crippen molar-refractivity contribution in [1.82, 2.24) is 19.8 Å². The summed E-state index contributed by atoms with van der Waals surface area (Å²) in [5, 5.41) is 25.7. The summed E-state index contributed by atoms with van der Waals surface area (Å²) >= 11 is 0. The van der Waals surface area contributed by atoms with Crippen LogP contribution in [0.3, 0.4) is 0 Å². The van der Waals surface area contributed by atoms with Gasteiger partial charge < -0.3 is 19.9 Å². The highest BCUT2D eigenvalue weighted by Crippen LogP contribution is 2.22. The van der Waals surface area contributed by atoms with E-state index in [1.807, 2.05) is 32.0 Å². The zero-order valence-electron chi connectivity index (χ0n) is 14.4. The van der Waals surface area contributed by atoms with Gasteiger partial charge in [-0.3, -0.25) is 0 Å². The summed E-state index contributed by atoms with van der Waals surface area (Å²) in [6, 6.07) is 7.27. The van der Waals surface area contributed by atoms with Gasteiger partial charge in [0.15, 0.2) is 0 Å². The van der Waals surface area contributed by atoms with Gasteiger partial charge in [0, 0.05) is 12.6 Å². The van der Waals surface area contributed by atoms with E-state index in [0.717, 1.165) is 16.9 Å². The van der Waals surface area contributed by atoms with Gasteiger partial charge in [-0.2, -0.15) is 9.61 Å². The van der Waals surface area contributed by atoms with Crippen molar-refractivity contribution in [3.8, 4) is 11.5 Å². The number of aliphatic hydroxyl groups is 1. The summed E-state index contributed by atoms with van der Waals surface area (Å²) in [5.74, 6) is 1.36. The molecule has 2 N–H and O–H groups in total. The van der Waals surface area contributed by atoms with Crippen molar-refractivity contribution in [1.29, 1.82) is 0 Å². The van der Waals surface area contributed by atoms with E-state index in [0.29, 0.717) is 23.7 Å². The number of anilines is 1. The monoisotopic (exact) mass is 343 g/mol. The van der Waals surface area contributed by atoms with Crippen LogP contribution < -0.4 is 14.8 Å². The Morgan fingerprint density at radius 2 is 2.08 bits per heavy atom. The van der Waals surface area contributed by atoms with Gasteiger partial charge in [0.25, 0.3) is 0 Å². The molecule has 0 fully saturated rings. The maximum Gasteiger partial charge on any atom is 0.200 e. The van der Waals surface area contributed by atoms with E-state index < -0.39 is 6.10 Å². The molecule has 0 bridgehead atoms. The molecule has 2 aromatic heterocycles. The molecule has 1 atom stereocenters. The summed E-state index contributed by atoms with van der Waals surface area (Å²) < 4.78 is 12.4. The van der Waals surface area contributed by atoms with Crippen LogP contribution in [0.15, 0.2) is 30.6 Å². The number of fused-ring (bicyclic) bond motifs is 1. The van der Waals surface area contributed by atoms with Gasteiger partial charge in [0.1, 0.15) is 30.5 Å². The van der Waals surface area contributed by atoms with Crippen LogP contribution in [0.4, 0.5) is 5.69 Å². The third-order valence-corrected chi connectivity index (χ3v) is 3.93. The largest absolute Gasteiger partial charge is 0.497 e. The van der Waals surface area contributed by atoms with Gasteiger partial charge >= 0.3 is 0 Å². The Hall–Kier alpha value is -2.87. The Morgan fingerprint density at radius 3 is 2.88 bits per heavy atom. The first-order valence-corrected chi connectivity index (χ1v) is 7.94. The van der Waals surface area contributed by atoms with Crippen molar-refractivity contribution in [3.05, 3.63) is 41.9 Å². The minimum atomic E-state index is -0.693. The lowest BCUT2D eigenvalue weighted by molar-refractivity contribution is 0.117. The summed E-state index contributed by atoms with van der Waals surface area (Å²) in [5.41, 5.74) is 3.28. The van der Waals surface area contributed by atoms with Crippen molar-refractivity contribution >= 4 is 11.3 Å². The standard InChI is InChI=1S/C17H21N5O3/c1-11-12(2)21-22-10-19-20-17(22)16(11)18-8-13(23)9-25-15-6-4-5-14(7-15)24-3/h4-7,10,13,18,23H,8-9H2,1-3H3. The number of aromatic nitrogens is 4. The first kappa shape index (κ1) is 17.0. The molecule has 25 heavy (non-hydrogen) atoms. The fourth-order valence-electron chi connectivity index (χ4n) is 2.43. The van der Waals surface area contributed by atoms with Crippen molar-refractivity contribution < 1.29 is 14.6 Å². The predicted octanol–water partition coefficient (Wildman–Crippen LogP) is 1.60. The molecule has 3 aromatic rings. The minimum absolute atomic E-state index is 0.159. The second kappa shape index (κ2) is 7.35. The van der Waals surface area contributed by atoms with Crippen molar-refractivity contribution in [2.45, 2.75) is 20.0 Å². The van der Waals surface area contributed by atoms with Crippen LogP contribution in [0.5, 0.6) is 11.5 Å². The Kier molecular flexibility index (Phi) is 4.99. The molecule has 0 aliphatic heterocycles. The van der Waals surface area contributed by atoms with E-state index in [1.165, 1.54) is 0 Å². The molecule has 1 unspecified atom stereocenters. The van der Waals surface area contributed by atoms with E-state index in [2.05, 4.69) is 20.6 Å². The summed E-state index contributed by atoms with van der Waals surface area (Å²) in [7, 11) is 1.60. The van der Waals surface area contributed by atoms with Crippen LogP contribution in [0.25, 0.3) is 5.65 Å². The molecule has 0 saturated heterocycles. The molecule has 0 saturated carbocycles. The predicted molar refractivity (Wildman–Crippen MR) is 93.2 cm³/mol. The molecule has 0 aliphatic rings. The number of hydrogen-bond donors (Lipinski definition) is 2. The molecule has 0 amide bonds. The highest BCUT2D eigenvalue weighted by atomic mass is 16.5. The average molecular weight is 343 g/mol.